The van der Waals surface area contributed by atoms with Gasteiger partial charge >= 0.3 is 0 Å². The lowest BCUT2D eigenvalue weighted by Crippen LogP contribution is -2.36. The fourth-order valence-corrected chi connectivity index (χ4v) is 1.81. The molecule has 0 aromatic rings. The predicted molar refractivity (Wildman–Crippen MR) is 65.1 cm³/mol. The molecule has 1 fully saturated rings. The van der Waals surface area contributed by atoms with E-state index in [-0.39, 0.29) is 5.54 Å². The molecule has 0 aromatic heterocycles. The van der Waals surface area contributed by atoms with Gasteiger partial charge in [-0.3, -0.25) is 0 Å². The molecular formula is C13H25NO. The summed E-state index contributed by atoms with van der Waals surface area (Å²) in [6, 6.07) is 0. The van der Waals surface area contributed by atoms with Gasteiger partial charge in [0.1, 0.15) is 0 Å². The lowest BCUT2D eigenvalue weighted by molar-refractivity contribution is 0.190. The highest BCUT2D eigenvalue weighted by molar-refractivity contribution is 5.05. The van der Waals surface area contributed by atoms with Crippen LogP contribution in [-0.2, 0) is 4.74 Å². The Morgan fingerprint density at radius 2 is 2.20 bits per heavy atom. The SMILES string of the molecule is CC(=CCCNC(C)(C)C)C1CCOC1. The van der Waals surface area contributed by atoms with Crippen molar-refractivity contribution in [3.63, 3.8) is 0 Å². The molecule has 0 aliphatic carbocycles. The Morgan fingerprint density at radius 3 is 2.73 bits per heavy atom. The van der Waals surface area contributed by atoms with E-state index in [0.717, 1.165) is 26.2 Å². The summed E-state index contributed by atoms with van der Waals surface area (Å²) in [7, 11) is 0. The molecule has 2 nitrogen and oxygen atoms in total. The van der Waals surface area contributed by atoms with Crippen molar-refractivity contribution < 1.29 is 4.74 Å². The van der Waals surface area contributed by atoms with Crippen LogP contribution < -0.4 is 5.32 Å². The summed E-state index contributed by atoms with van der Waals surface area (Å²) >= 11 is 0. The maximum Gasteiger partial charge on any atom is 0.0532 e. The van der Waals surface area contributed by atoms with Gasteiger partial charge < -0.3 is 10.1 Å². The number of nitrogens with one attached hydrogen (secondary N) is 1. The quantitative estimate of drug-likeness (QED) is 0.570. The average molecular weight is 211 g/mol. The van der Waals surface area contributed by atoms with Gasteiger partial charge in [0.15, 0.2) is 0 Å². The summed E-state index contributed by atoms with van der Waals surface area (Å²) in [6.07, 6.45) is 4.69. The third kappa shape index (κ3) is 5.33. The first kappa shape index (κ1) is 12.7. The van der Waals surface area contributed by atoms with Crippen molar-refractivity contribution in [3.8, 4) is 0 Å². The summed E-state index contributed by atoms with van der Waals surface area (Å²) in [5.41, 5.74) is 1.74. The molecule has 0 radical (unpaired) electrons. The summed E-state index contributed by atoms with van der Waals surface area (Å²) < 4.78 is 5.38. The Balaban J connectivity index is 2.19. The molecule has 1 aliphatic rings. The smallest absolute Gasteiger partial charge is 0.0532 e. The van der Waals surface area contributed by atoms with E-state index in [1.54, 1.807) is 0 Å². The number of hydrogen-bond donors (Lipinski definition) is 1. The van der Waals surface area contributed by atoms with Crippen LogP contribution in [0, 0.1) is 5.92 Å². The van der Waals surface area contributed by atoms with Crippen molar-refractivity contribution in [2.45, 2.75) is 46.1 Å². The highest BCUT2D eigenvalue weighted by atomic mass is 16.5. The summed E-state index contributed by atoms with van der Waals surface area (Å²) in [4.78, 5) is 0. The van der Waals surface area contributed by atoms with E-state index in [0.29, 0.717) is 5.92 Å². The monoisotopic (exact) mass is 211 g/mol. The molecule has 88 valence electrons. The fraction of sp³-hybridized carbons (Fsp3) is 0.846. The van der Waals surface area contributed by atoms with Crippen molar-refractivity contribution >= 4 is 0 Å². The zero-order valence-electron chi connectivity index (χ0n) is 10.6. The van der Waals surface area contributed by atoms with Gasteiger partial charge in [-0.1, -0.05) is 11.6 Å². The van der Waals surface area contributed by atoms with Gasteiger partial charge in [-0.15, -0.1) is 0 Å². The molecule has 15 heavy (non-hydrogen) atoms. The molecule has 1 N–H and O–H groups in total. The van der Waals surface area contributed by atoms with Gasteiger partial charge in [-0.2, -0.15) is 0 Å². The van der Waals surface area contributed by atoms with Crippen LogP contribution in [0.25, 0.3) is 0 Å². The van der Waals surface area contributed by atoms with Crippen LogP contribution in [0.4, 0.5) is 0 Å². The van der Waals surface area contributed by atoms with E-state index >= 15 is 0 Å². The highest BCUT2D eigenvalue weighted by Crippen LogP contribution is 2.21. The Labute approximate surface area is 94.1 Å². The van der Waals surface area contributed by atoms with Gasteiger partial charge in [-0.25, -0.2) is 0 Å². The molecule has 0 aromatic carbocycles. The molecule has 0 spiro atoms. The summed E-state index contributed by atoms with van der Waals surface area (Å²) in [5, 5.41) is 3.49. The molecule has 0 bridgehead atoms. The lowest BCUT2D eigenvalue weighted by atomic mass is 9.99. The van der Waals surface area contributed by atoms with E-state index < -0.39 is 0 Å². The van der Waals surface area contributed by atoms with Crippen molar-refractivity contribution in [2.75, 3.05) is 19.8 Å². The van der Waals surface area contributed by atoms with Crippen molar-refractivity contribution in [3.05, 3.63) is 11.6 Å². The maximum atomic E-state index is 5.38. The van der Waals surface area contributed by atoms with E-state index in [1.807, 2.05) is 0 Å². The van der Waals surface area contributed by atoms with Gasteiger partial charge in [-0.05, 0) is 47.1 Å². The molecule has 1 saturated heterocycles. The zero-order chi connectivity index (χ0) is 11.3. The van der Waals surface area contributed by atoms with Crippen molar-refractivity contribution in [1.29, 1.82) is 0 Å². The third-order valence-corrected chi connectivity index (χ3v) is 2.84. The molecule has 2 heteroatoms. The zero-order valence-corrected chi connectivity index (χ0v) is 10.6. The van der Waals surface area contributed by atoms with Crippen LogP contribution >= 0.6 is 0 Å². The second kappa shape index (κ2) is 5.66. The molecule has 0 saturated carbocycles. The molecule has 1 atom stereocenters. The van der Waals surface area contributed by atoms with Gasteiger partial charge in [0.25, 0.3) is 0 Å². The third-order valence-electron chi connectivity index (χ3n) is 2.84. The molecule has 1 unspecified atom stereocenters. The topological polar surface area (TPSA) is 21.3 Å². The standard InChI is InChI=1S/C13H25NO/c1-11(12-7-9-15-10-12)6-5-8-14-13(2,3)4/h6,12,14H,5,7-10H2,1-4H3. The van der Waals surface area contributed by atoms with Gasteiger partial charge in [0, 0.05) is 18.1 Å². The van der Waals surface area contributed by atoms with Crippen LogP contribution in [0.5, 0.6) is 0 Å². The van der Waals surface area contributed by atoms with Crippen LogP contribution in [-0.4, -0.2) is 25.3 Å². The average Bonchev–Trinajstić information content (AvgIpc) is 2.63. The van der Waals surface area contributed by atoms with Crippen LogP contribution in [0.3, 0.4) is 0 Å². The number of ether oxygens (including phenoxy) is 1. The van der Waals surface area contributed by atoms with Crippen molar-refractivity contribution in [1.82, 2.24) is 5.32 Å². The molecule has 0 amide bonds. The van der Waals surface area contributed by atoms with Gasteiger partial charge in [0.05, 0.1) is 6.61 Å². The second-order valence-corrected chi connectivity index (χ2v) is 5.47. The molecule has 1 heterocycles. The molecular weight excluding hydrogens is 186 g/mol. The minimum absolute atomic E-state index is 0.234. The van der Waals surface area contributed by atoms with Crippen LogP contribution in [0.1, 0.15) is 40.5 Å². The first-order valence-corrected chi connectivity index (χ1v) is 5.98. The largest absolute Gasteiger partial charge is 0.381 e. The Morgan fingerprint density at radius 1 is 1.47 bits per heavy atom. The van der Waals surface area contributed by atoms with E-state index in [9.17, 15) is 0 Å². The first-order valence-electron chi connectivity index (χ1n) is 5.98. The van der Waals surface area contributed by atoms with Crippen LogP contribution in [0.15, 0.2) is 11.6 Å². The lowest BCUT2D eigenvalue weighted by Gasteiger charge is -2.20. The molecule has 1 aliphatic heterocycles. The maximum absolute atomic E-state index is 5.38. The van der Waals surface area contributed by atoms with E-state index in [4.69, 9.17) is 4.74 Å². The second-order valence-electron chi connectivity index (χ2n) is 5.47. The fourth-order valence-electron chi connectivity index (χ4n) is 1.81. The normalized spacial score (nSPS) is 23.5. The van der Waals surface area contributed by atoms with Gasteiger partial charge in [0.2, 0.25) is 0 Å². The Kier molecular flexibility index (Phi) is 4.81. The summed E-state index contributed by atoms with van der Waals surface area (Å²) in [5.74, 6) is 0.680. The summed E-state index contributed by atoms with van der Waals surface area (Å²) in [6.45, 7) is 11.8. The minimum atomic E-state index is 0.234. The highest BCUT2D eigenvalue weighted by Gasteiger charge is 2.16. The number of hydrogen-bond acceptors (Lipinski definition) is 2. The predicted octanol–water partition coefficient (Wildman–Crippen LogP) is 2.75. The molecule has 1 rings (SSSR count). The van der Waals surface area contributed by atoms with E-state index in [1.165, 1.54) is 12.0 Å². The Bertz CT molecular complexity index is 209. The first-order chi connectivity index (χ1) is 6.99. The minimum Gasteiger partial charge on any atom is -0.381 e. The van der Waals surface area contributed by atoms with Crippen LogP contribution in [0.2, 0.25) is 0 Å². The Hall–Kier alpha value is -0.340. The van der Waals surface area contributed by atoms with Crippen molar-refractivity contribution in [2.24, 2.45) is 5.92 Å². The number of rotatable bonds is 4. The van der Waals surface area contributed by atoms with E-state index in [2.05, 4.69) is 39.1 Å².